The number of urea groups is 1. The largest absolute Gasteiger partial charge is 0.399 e. The first-order valence-corrected chi connectivity index (χ1v) is 6.34. The van der Waals surface area contributed by atoms with Gasteiger partial charge in [-0.05, 0) is 25.1 Å². The lowest BCUT2D eigenvalue weighted by Gasteiger charge is -2.25. The van der Waals surface area contributed by atoms with Gasteiger partial charge < -0.3 is 20.9 Å². The van der Waals surface area contributed by atoms with Crippen molar-refractivity contribution in [2.24, 2.45) is 0 Å². The summed E-state index contributed by atoms with van der Waals surface area (Å²) in [4.78, 5) is 15.5. The van der Waals surface area contributed by atoms with Crippen LogP contribution in [0.1, 0.15) is 6.92 Å². The summed E-state index contributed by atoms with van der Waals surface area (Å²) in [7, 11) is 0. The van der Waals surface area contributed by atoms with E-state index in [-0.39, 0.29) is 6.03 Å². The van der Waals surface area contributed by atoms with E-state index in [0.29, 0.717) is 0 Å². The maximum absolute atomic E-state index is 11.4. The second kappa shape index (κ2) is 5.62. The van der Waals surface area contributed by atoms with E-state index < -0.39 is 0 Å². The average molecular weight is 248 g/mol. The van der Waals surface area contributed by atoms with E-state index in [9.17, 15) is 4.79 Å². The number of hydrogen-bond donors (Lipinski definition) is 2. The van der Waals surface area contributed by atoms with Gasteiger partial charge in [-0.15, -0.1) is 0 Å². The maximum atomic E-state index is 11.4. The third-order valence-corrected chi connectivity index (χ3v) is 3.20. The summed E-state index contributed by atoms with van der Waals surface area (Å²) in [5.41, 5.74) is 7.67. The molecule has 0 unspecified atom stereocenters. The molecule has 1 aromatic rings. The van der Waals surface area contributed by atoms with Gasteiger partial charge in [0.25, 0.3) is 0 Å². The fourth-order valence-electron chi connectivity index (χ4n) is 2.16. The number of nitrogens with two attached hydrogens (primary N) is 1. The van der Waals surface area contributed by atoms with Crippen molar-refractivity contribution in [3.8, 4) is 0 Å². The Bertz CT molecular complexity index is 421. The molecule has 5 nitrogen and oxygen atoms in total. The summed E-state index contributed by atoms with van der Waals surface area (Å²) >= 11 is 0. The normalized spacial score (nSPS) is 14.7. The molecule has 2 amide bonds. The molecule has 0 atom stereocenters. The Morgan fingerprint density at radius 1 is 1.50 bits per heavy atom. The highest BCUT2D eigenvalue weighted by molar-refractivity contribution is 5.76. The zero-order valence-corrected chi connectivity index (χ0v) is 10.7. The summed E-state index contributed by atoms with van der Waals surface area (Å²) in [5.74, 6) is 0. The molecule has 5 heteroatoms. The highest BCUT2D eigenvalue weighted by Gasteiger charge is 2.19. The first kappa shape index (κ1) is 12.5. The Hall–Kier alpha value is -1.91. The minimum Gasteiger partial charge on any atom is -0.399 e. The monoisotopic (exact) mass is 248 g/mol. The Balaban J connectivity index is 1.95. The van der Waals surface area contributed by atoms with Gasteiger partial charge in [-0.1, -0.05) is 6.07 Å². The minimum atomic E-state index is 0.0404. The quantitative estimate of drug-likeness (QED) is 0.768. The number of nitrogens with zero attached hydrogens (tertiary/aromatic N) is 2. The second-order valence-electron chi connectivity index (χ2n) is 4.39. The van der Waals surface area contributed by atoms with E-state index in [4.69, 9.17) is 5.73 Å². The van der Waals surface area contributed by atoms with E-state index in [1.807, 2.05) is 29.2 Å². The van der Waals surface area contributed by atoms with Crippen LogP contribution >= 0.6 is 0 Å². The predicted molar refractivity (Wildman–Crippen MR) is 73.7 cm³/mol. The van der Waals surface area contributed by atoms with Crippen molar-refractivity contribution in [3.63, 3.8) is 0 Å². The first-order chi connectivity index (χ1) is 8.70. The molecule has 0 spiro atoms. The number of likely N-dealkylation sites (N-methyl/N-ethyl adjacent to an activating group) is 1. The number of rotatable bonds is 5. The van der Waals surface area contributed by atoms with E-state index >= 15 is 0 Å². The van der Waals surface area contributed by atoms with Crippen molar-refractivity contribution in [2.45, 2.75) is 6.92 Å². The van der Waals surface area contributed by atoms with Crippen LogP contribution in [0.25, 0.3) is 0 Å². The summed E-state index contributed by atoms with van der Waals surface area (Å²) < 4.78 is 0. The summed E-state index contributed by atoms with van der Waals surface area (Å²) in [6, 6.07) is 7.89. The second-order valence-corrected chi connectivity index (χ2v) is 4.39. The smallest absolute Gasteiger partial charge is 0.317 e. The number of nitrogens with one attached hydrogen (secondary N) is 1. The van der Waals surface area contributed by atoms with Gasteiger partial charge in [0.2, 0.25) is 0 Å². The van der Waals surface area contributed by atoms with Crippen LogP contribution in [0.5, 0.6) is 0 Å². The van der Waals surface area contributed by atoms with Crippen LogP contribution in [0.4, 0.5) is 16.2 Å². The van der Waals surface area contributed by atoms with E-state index in [1.54, 1.807) is 0 Å². The van der Waals surface area contributed by atoms with Crippen molar-refractivity contribution in [2.75, 3.05) is 43.4 Å². The number of anilines is 2. The van der Waals surface area contributed by atoms with Crippen molar-refractivity contribution in [1.82, 2.24) is 10.2 Å². The van der Waals surface area contributed by atoms with Gasteiger partial charge in [0.1, 0.15) is 0 Å². The molecule has 1 fully saturated rings. The van der Waals surface area contributed by atoms with Crippen LogP contribution < -0.4 is 16.0 Å². The molecule has 2 rings (SSSR count). The fourth-order valence-corrected chi connectivity index (χ4v) is 2.16. The Kier molecular flexibility index (Phi) is 3.92. The third-order valence-electron chi connectivity index (χ3n) is 3.20. The Morgan fingerprint density at radius 3 is 2.94 bits per heavy atom. The molecule has 0 bridgehead atoms. The molecule has 98 valence electrons. The van der Waals surface area contributed by atoms with Gasteiger partial charge in [0.05, 0.1) is 0 Å². The van der Waals surface area contributed by atoms with Crippen LogP contribution in [0.15, 0.2) is 24.3 Å². The number of carbonyl (C=O) groups is 1. The van der Waals surface area contributed by atoms with Gasteiger partial charge in [0.15, 0.2) is 0 Å². The lowest BCUT2D eigenvalue weighted by Crippen LogP contribution is -2.37. The van der Waals surface area contributed by atoms with Gasteiger partial charge in [-0.2, -0.15) is 0 Å². The van der Waals surface area contributed by atoms with Crippen LogP contribution in [0.2, 0.25) is 0 Å². The highest BCUT2D eigenvalue weighted by atomic mass is 16.2. The Morgan fingerprint density at radius 2 is 2.33 bits per heavy atom. The van der Waals surface area contributed by atoms with Gasteiger partial charge >= 0.3 is 6.03 Å². The molecule has 1 saturated heterocycles. The van der Waals surface area contributed by atoms with E-state index in [0.717, 1.165) is 44.1 Å². The lowest BCUT2D eigenvalue weighted by atomic mass is 10.2. The zero-order valence-electron chi connectivity index (χ0n) is 10.7. The molecule has 1 heterocycles. The van der Waals surface area contributed by atoms with Crippen molar-refractivity contribution in [3.05, 3.63) is 24.3 Å². The molecule has 0 radical (unpaired) electrons. The predicted octanol–water partition coefficient (Wildman–Crippen LogP) is 1.12. The molecule has 1 aliphatic rings. The molecule has 1 aromatic carbocycles. The topological polar surface area (TPSA) is 61.6 Å². The molecule has 1 aliphatic heterocycles. The van der Waals surface area contributed by atoms with Crippen LogP contribution in [-0.2, 0) is 0 Å². The molecular weight excluding hydrogens is 228 g/mol. The van der Waals surface area contributed by atoms with Gasteiger partial charge in [0, 0.05) is 44.1 Å². The minimum absolute atomic E-state index is 0.0404. The summed E-state index contributed by atoms with van der Waals surface area (Å²) in [6.45, 7) is 6.13. The van der Waals surface area contributed by atoms with Gasteiger partial charge in [-0.3, -0.25) is 0 Å². The summed E-state index contributed by atoms with van der Waals surface area (Å²) in [6.07, 6.45) is 0. The van der Waals surface area contributed by atoms with Crippen LogP contribution in [0.3, 0.4) is 0 Å². The molecule has 0 aromatic heterocycles. The first-order valence-electron chi connectivity index (χ1n) is 6.34. The molecular formula is C13H20N4O. The summed E-state index contributed by atoms with van der Waals surface area (Å²) in [5, 5.41) is 2.81. The average Bonchev–Trinajstić information content (AvgIpc) is 2.76. The lowest BCUT2D eigenvalue weighted by molar-refractivity contribution is 0.218. The Labute approximate surface area is 108 Å². The molecule has 18 heavy (non-hydrogen) atoms. The highest BCUT2D eigenvalue weighted by Crippen LogP contribution is 2.17. The number of carbonyl (C=O) groups excluding carboxylic acids is 1. The third kappa shape index (κ3) is 2.85. The van der Waals surface area contributed by atoms with Crippen molar-refractivity contribution >= 4 is 17.4 Å². The number of benzene rings is 1. The maximum Gasteiger partial charge on any atom is 0.317 e. The standard InChI is InChI=1S/C13H20N4O/c1-2-16(12-5-3-4-11(14)10-12)8-9-17-7-6-15-13(17)18/h3-5,10H,2,6-9,14H2,1H3,(H,15,18). The van der Waals surface area contributed by atoms with Crippen molar-refractivity contribution in [1.29, 1.82) is 0 Å². The molecule has 0 saturated carbocycles. The van der Waals surface area contributed by atoms with Crippen LogP contribution in [-0.4, -0.2) is 43.7 Å². The number of hydrogen-bond acceptors (Lipinski definition) is 3. The molecule has 0 aliphatic carbocycles. The van der Waals surface area contributed by atoms with Crippen LogP contribution in [0, 0.1) is 0 Å². The van der Waals surface area contributed by atoms with E-state index in [2.05, 4.69) is 17.1 Å². The number of amides is 2. The van der Waals surface area contributed by atoms with Gasteiger partial charge in [-0.25, -0.2) is 4.79 Å². The van der Waals surface area contributed by atoms with E-state index in [1.165, 1.54) is 0 Å². The molecule has 3 N–H and O–H groups in total. The van der Waals surface area contributed by atoms with Crippen molar-refractivity contribution < 1.29 is 4.79 Å². The SMILES string of the molecule is CCN(CCN1CCNC1=O)c1cccc(N)c1. The number of nitrogen functional groups attached to an aromatic ring is 1. The zero-order chi connectivity index (χ0) is 13.0. The fraction of sp³-hybridized carbons (Fsp3) is 0.462.